The number of carbonyl (C=O) groups excluding carboxylic acids is 1. The quantitative estimate of drug-likeness (QED) is 0.856. The Labute approximate surface area is 110 Å². The summed E-state index contributed by atoms with van der Waals surface area (Å²) in [5.41, 5.74) is 3.64. The Morgan fingerprint density at radius 1 is 1.56 bits per heavy atom. The van der Waals surface area contributed by atoms with Crippen LogP contribution in [-0.4, -0.2) is 28.5 Å². The first kappa shape index (κ1) is 11.5. The second-order valence-corrected chi connectivity index (χ2v) is 5.54. The molecule has 1 fully saturated rings. The number of nitrogens with one attached hydrogen (secondary N) is 1. The fourth-order valence-corrected chi connectivity index (χ4v) is 3.08. The lowest BCUT2D eigenvalue weighted by molar-refractivity contribution is 0.210. The molecule has 1 N–H and O–H groups in total. The molecule has 94 valence electrons. The van der Waals surface area contributed by atoms with Crippen LogP contribution in [0.1, 0.15) is 19.8 Å². The van der Waals surface area contributed by atoms with Crippen LogP contribution in [0, 0.1) is 0 Å². The van der Waals surface area contributed by atoms with Crippen LogP contribution in [0.4, 0.5) is 10.5 Å². The van der Waals surface area contributed by atoms with Crippen LogP contribution < -0.4 is 5.32 Å². The number of urea groups is 1. The lowest BCUT2D eigenvalue weighted by Gasteiger charge is -2.21. The van der Waals surface area contributed by atoms with Crippen molar-refractivity contribution in [2.24, 2.45) is 0 Å². The summed E-state index contributed by atoms with van der Waals surface area (Å²) in [5.74, 6) is 0. The van der Waals surface area contributed by atoms with Crippen LogP contribution in [0.15, 0.2) is 23.7 Å². The Morgan fingerprint density at radius 3 is 3.22 bits per heavy atom. The Balaban J connectivity index is 1.77. The van der Waals surface area contributed by atoms with E-state index >= 15 is 0 Å². The minimum Gasteiger partial charge on any atom is -0.322 e. The Hall–Kier alpha value is -1.62. The van der Waals surface area contributed by atoms with E-state index in [0.29, 0.717) is 6.04 Å². The van der Waals surface area contributed by atoms with Crippen LogP contribution in [0.5, 0.6) is 0 Å². The van der Waals surface area contributed by atoms with Gasteiger partial charge in [0.25, 0.3) is 0 Å². The molecule has 0 aliphatic carbocycles. The van der Waals surface area contributed by atoms with Gasteiger partial charge in [-0.25, -0.2) is 9.78 Å². The smallest absolute Gasteiger partial charge is 0.322 e. The van der Waals surface area contributed by atoms with Crippen molar-refractivity contribution in [1.29, 1.82) is 0 Å². The molecule has 0 saturated carbocycles. The molecule has 18 heavy (non-hydrogen) atoms. The number of hydrogen-bond donors (Lipinski definition) is 1. The van der Waals surface area contributed by atoms with Gasteiger partial charge < -0.3 is 10.2 Å². The van der Waals surface area contributed by atoms with Gasteiger partial charge in [-0.05, 0) is 38.0 Å². The fraction of sp³-hybridized carbons (Fsp3) is 0.385. The third kappa shape index (κ3) is 2.06. The van der Waals surface area contributed by atoms with Crippen molar-refractivity contribution in [3.05, 3.63) is 23.7 Å². The largest absolute Gasteiger partial charge is 0.322 e. The van der Waals surface area contributed by atoms with E-state index < -0.39 is 0 Å². The number of carbonyl (C=O) groups is 1. The maximum Gasteiger partial charge on any atom is 0.322 e. The number of thiazole rings is 1. The molecule has 1 atom stereocenters. The third-order valence-corrected chi connectivity index (χ3v) is 4.19. The Kier molecular flexibility index (Phi) is 2.91. The van der Waals surface area contributed by atoms with Gasteiger partial charge in [-0.3, -0.25) is 0 Å². The average Bonchev–Trinajstić information content (AvgIpc) is 2.96. The van der Waals surface area contributed by atoms with Crippen molar-refractivity contribution in [2.45, 2.75) is 25.8 Å². The summed E-state index contributed by atoms with van der Waals surface area (Å²) in [6.07, 6.45) is 2.20. The van der Waals surface area contributed by atoms with E-state index in [9.17, 15) is 4.79 Å². The summed E-state index contributed by atoms with van der Waals surface area (Å²) in [4.78, 5) is 18.2. The molecule has 5 heteroatoms. The van der Waals surface area contributed by atoms with Crippen LogP contribution >= 0.6 is 11.3 Å². The molecule has 1 aromatic heterocycles. The molecule has 0 spiro atoms. The van der Waals surface area contributed by atoms with Crippen molar-refractivity contribution in [3.63, 3.8) is 0 Å². The number of hydrogen-bond acceptors (Lipinski definition) is 3. The molecule has 0 radical (unpaired) electrons. The monoisotopic (exact) mass is 261 g/mol. The molecular formula is C13H15N3OS. The van der Waals surface area contributed by atoms with Gasteiger partial charge in [0.15, 0.2) is 0 Å². The SMILES string of the molecule is CC1CCCN1C(=O)Nc1ccc2ncsc2c1. The van der Waals surface area contributed by atoms with Gasteiger partial charge in [0.05, 0.1) is 15.7 Å². The van der Waals surface area contributed by atoms with E-state index in [1.807, 2.05) is 28.6 Å². The summed E-state index contributed by atoms with van der Waals surface area (Å²) in [7, 11) is 0. The maximum atomic E-state index is 12.1. The van der Waals surface area contributed by atoms with Crippen LogP contribution in [0.2, 0.25) is 0 Å². The lowest BCUT2D eigenvalue weighted by atomic mass is 10.2. The highest BCUT2D eigenvalue weighted by Gasteiger charge is 2.24. The van der Waals surface area contributed by atoms with E-state index in [0.717, 1.165) is 35.3 Å². The Bertz CT molecular complexity index is 580. The number of fused-ring (bicyclic) bond motifs is 1. The predicted molar refractivity (Wildman–Crippen MR) is 74.0 cm³/mol. The van der Waals surface area contributed by atoms with Gasteiger partial charge in [0.1, 0.15) is 0 Å². The molecule has 3 rings (SSSR count). The van der Waals surface area contributed by atoms with Crippen LogP contribution in [0.3, 0.4) is 0 Å². The zero-order valence-electron chi connectivity index (χ0n) is 10.2. The van der Waals surface area contributed by atoms with Gasteiger partial charge in [-0.1, -0.05) is 0 Å². The van der Waals surface area contributed by atoms with Crippen molar-refractivity contribution < 1.29 is 4.79 Å². The van der Waals surface area contributed by atoms with Gasteiger partial charge in [-0.15, -0.1) is 11.3 Å². The summed E-state index contributed by atoms with van der Waals surface area (Å²) in [6.45, 7) is 2.95. The van der Waals surface area contributed by atoms with Gasteiger partial charge in [-0.2, -0.15) is 0 Å². The fourth-order valence-electron chi connectivity index (χ4n) is 2.36. The lowest BCUT2D eigenvalue weighted by Crippen LogP contribution is -2.37. The highest BCUT2D eigenvalue weighted by atomic mass is 32.1. The molecule has 1 aromatic carbocycles. The van der Waals surface area contributed by atoms with Crippen molar-refractivity contribution in [3.8, 4) is 0 Å². The van der Waals surface area contributed by atoms with Gasteiger partial charge in [0, 0.05) is 18.3 Å². The first-order valence-corrected chi connectivity index (χ1v) is 7.03. The summed E-state index contributed by atoms with van der Waals surface area (Å²) in [6, 6.07) is 6.17. The highest BCUT2D eigenvalue weighted by molar-refractivity contribution is 7.16. The molecular weight excluding hydrogens is 246 g/mol. The van der Waals surface area contributed by atoms with E-state index in [1.54, 1.807) is 11.3 Å². The number of nitrogens with zero attached hydrogens (tertiary/aromatic N) is 2. The average molecular weight is 261 g/mol. The number of aromatic nitrogens is 1. The number of amides is 2. The van der Waals surface area contributed by atoms with E-state index in [1.165, 1.54) is 0 Å². The molecule has 1 aliphatic heterocycles. The van der Waals surface area contributed by atoms with E-state index in [4.69, 9.17) is 0 Å². The predicted octanol–water partition coefficient (Wildman–Crippen LogP) is 3.31. The molecule has 2 aromatic rings. The number of anilines is 1. The second kappa shape index (κ2) is 4.57. The minimum absolute atomic E-state index is 0.00358. The van der Waals surface area contributed by atoms with Crippen LogP contribution in [0.25, 0.3) is 10.2 Å². The molecule has 2 amide bonds. The summed E-state index contributed by atoms with van der Waals surface area (Å²) in [5, 5.41) is 2.96. The van der Waals surface area contributed by atoms with Gasteiger partial charge >= 0.3 is 6.03 Å². The molecule has 1 saturated heterocycles. The number of benzene rings is 1. The standard InChI is InChI=1S/C13H15N3OS/c1-9-3-2-6-16(9)13(17)15-10-4-5-11-12(7-10)18-8-14-11/h4-5,7-9H,2-3,6H2,1H3,(H,15,17). The van der Waals surface area contributed by atoms with E-state index in [2.05, 4.69) is 17.2 Å². The van der Waals surface area contributed by atoms with Crippen LogP contribution in [-0.2, 0) is 0 Å². The first-order valence-electron chi connectivity index (χ1n) is 6.15. The Morgan fingerprint density at radius 2 is 2.44 bits per heavy atom. The minimum atomic E-state index is 0.00358. The summed E-state index contributed by atoms with van der Waals surface area (Å²) < 4.78 is 1.10. The van der Waals surface area contributed by atoms with Crippen molar-refractivity contribution >= 4 is 33.3 Å². The van der Waals surface area contributed by atoms with Gasteiger partial charge in [0.2, 0.25) is 0 Å². The molecule has 0 bridgehead atoms. The number of likely N-dealkylation sites (tertiary alicyclic amines) is 1. The second-order valence-electron chi connectivity index (χ2n) is 4.65. The molecule has 4 nitrogen and oxygen atoms in total. The van der Waals surface area contributed by atoms with Crippen molar-refractivity contribution in [2.75, 3.05) is 11.9 Å². The van der Waals surface area contributed by atoms with Crippen molar-refractivity contribution in [1.82, 2.24) is 9.88 Å². The third-order valence-electron chi connectivity index (χ3n) is 3.40. The maximum absolute atomic E-state index is 12.1. The normalized spacial score (nSPS) is 19.4. The highest BCUT2D eigenvalue weighted by Crippen LogP contribution is 2.23. The molecule has 1 aliphatic rings. The zero-order chi connectivity index (χ0) is 12.5. The number of rotatable bonds is 1. The zero-order valence-corrected chi connectivity index (χ0v) is 11.0. The summed E-state index contributed by atoms with van der Waals surface area (Å²) >= 11 is 1.59. The van der Waals surface area contributed by atoms with E-state index in [-0.39, 0.29) is 6.03 Å². The molecule has 1 unspecified atom stereocenters. The first-order chi connectivity index (χ1) is 8.74. The molecule has 2 heterocycles. The topological polar surface area (TPSA) is 45.2 Å².